The van der Waals surface area contributed by atoms with Crippen LogP contribution in [0.3, 0.4) is 0 Å². The Kier molecular flexibility index (Phi) is 3.55. The van der Waals surface area contributed by atoms with Crippen molar-refractivity contribution in [2.24, 2.45) is 11.3 Å². The van der Waals surface area contributed by atoms with Crippen LogP contribution in [0.15, 0.2) is 6.33 Å². The standard InChI is InChI=1S/C12H19N5O2/c1-8(2)12(4-5-12)6-14-11-9(17(18)19)10(13-3)15-7-16-11/h7-8H,4-6H2,1-3H3,(H2,13,14,15,16). The molecular weight excluding hydrogens is 246 g/mol. The average molecular weight is 265 g/mol. The molecule has 0 atom stereocenters. The van der Waals surface area contributed by atoms with Gasteiger partial charge < -0.3 is 10.6 Å². The fraction of sp³-hybridized carbons (Fsp3) is 0.667. The van der Waals surface area contributed by atoms with Gasteiger partial charge >= 0.3 is 5.69 Å². The van der Waals surface area contributed by atoms with Crippen molar-refractivity contribution in [3.63, 3.8) is 0 Å². The fourth-order valence-electron chi connectivity index (χ4n) is 2.24. The first kappa shape index (κ1) is 13.5. The number of nitrogens with one attached hydrogen (secondary N) is 2. The van der Waals surface area contributed by atoms with Gasteiger partial charge in [0.2, 0.25) is 11.6 Å². The maximum atomic E-state index is 11.1. The van der Waals surface area contributed by atoms with E-state index in [9.17, 15) is 10.1 Å². The molecule has 0 bridgehead atoms. The zero-order valence-electron chi connectivity index (χ0n) is 11.4. The zero-order valence-corrected chi connectivity index (χ0v) is 11.4. The van der Waals surface area contributed by atoms with Gasteiger partial charge in [0.25, 0.3) is 0 Å². The van der Waals surface area contributed by atoms with E-state index in [0.717, 1.165) is 12.8 Å². The third-order valence-electron chi connectivity index (χ3n) is 3.97. The summed E-state index contributed by atoms with van der Waals surface area (Å²) in [6.07, 6.45) is 3.65. The van der Waals surface area contributed by atoms with Crippen LogP contribution >= 0.6 is 0 Å². The van der Waals surface area contributed by atoms with Crippen molar-refractivity contribution in [1.29, 1.82) is 0 Å². The van der Waals surface area contributed by atoms with Crippen molar-refractivity contribution >= 4 is 17.3 Å². The zero-order chi connectivity index (χ0) is 14.0. The third-order valence-corrected chi connectivity index (χ3v) is 3.97. The first-order valence-electron chi connectivity index (χ1n) is 6.41. The van der Waals surface area contributed by atoms with Crippen LogP contribution in [0.4, 0.5) is 17.3 Å². The highest BCUT2D eigenvalue weighted by Gasteiger charge is 2.45. The van der Waals surface area contributed by atoms with Gasteiger partial charge in [0.1, 0.15) is 6.33 Å². The summed E-state index contributed by atoms with van der Waals surface area (Å²) in [5.41, 5.74) is 0.170. The first-order valence-corrected chi connectivity index (χ1v) is 6.41. The van der Waals surface area contributed by atoms with Gasteiger partial charge in [0.05, 0.1) is 4.92 Å². The smallest absolute Gasteiger partial charge is 0.353 e. The maximum Gasteiger partial charge on any atom is 0.353 e. The second kappa shape index (κ2) is 4.99. The van der Waals surface area contributed by atoms with Crippen LogP contribution < -0.4 is 10.6 Å². The second-order valence-corrected chi connectivity index (χ2v) is 5.30. The van der Waals surface area contributed by atoms with Gasteiger partial charge in [0.15, 0.2) is 0 Å². The Balaban J connectivity index is 2.19. The Hall–Kier alpha value is -1.92. The number of hydrogen-bond donors (Lipinski definition) is 2. The van der Waals surface area contributed by atoms with Gasteiger partial charge in [-0.2, -0.15) is 0 Å². The molecule has 7 nitrogen and oxygen atoms in total. The van der Waals surface area contributed by atoms with Crippen LogP contribution in [0.1, 0.15) is 26.7 Å². The van der Waals surface area contributed by atoms with Crippen molar-refractivity contribution in [2.75, 3.05) is 24.2 Å². The predicted molar refractivity (Wildman–Crippen MR) is 73.2 cm³/mol. The molecule has 1 aromatic rings. The van der Waals surface area contributed by atoms with Crippen molar-refractivity contribution in [3.05, 3.63) is 16.4 Å². The molecule has 1 aliphatic rings. The minimum Gasteiger partial charge on any atom is -0.367 e. The lowest BCUT2D eigenvalue weighted by Gasteiger charge is -2.20. The van der Waals surface area contributed by atoms with Gasteiger partial charge in [-0.05, 0) is 24.2 Å². The number of nitro groups is 1. The highest BCUT2D eigenvalue weighted by molar-refractivity contribution is 5.69. The Morgan fingerprint density at radius 3 is 2.53 bits per heavy atom. The molecule has 0 aliphatic heterocycles. The molecule has 1 saturated carbocycles. The minimum atomic E-state index is -0.455. The summed E-state index contributed by atoms with van der Waals surface area (Å²) in [4.78, 5) is 18.5. The molecule has 1 aromatic heterocycles. The lowest BCUT2D eigenvalue weighted by Crippen LogP contribution is -2.22. The highest BCUT2D eigenvalue weighted by atomic mass is 16.6. The molecule has 0 spiro atoms. The molecule has 104 valence electrons. The molecule has 2 rings (SSSR count). The summed E-state index contributed by atoms with van der Waals surface area (Å²) in [5, 5.41) is 17.0. The summed E-state index contributed by atoms with van der Waals surface area (Å²) >= 11 is 0. The SMILES string of the molecule is CNc1ncnc(NCC2(C(C)C)CC2)c1[N+](=O)[O-]. The van der Waals surface area contributed by atoms with Crippen molar-refractivity contribution in [1.82, 2.24) is 9.97 Å². The first-order chi connectivity index (χ1) is 9.00. The normalized spacial score (nSPS) is 16.2. The van der Waals surface area contributed by atoms with Crippen LogP contribution in [0.25, 0.3) is 0 Å². The highest BCUT2D eigenvalue weighted by Crippen LogP contribution is 2.51. The van der Waals surface area contributed by atoms with Crippen LogP contribution in [-0.2, 0) is 0 Å². The van der Waals surface area contributed by atoms with E-state index in [4.69, 9.17) is 0 Å². The molecule has 7 heteroatoms. The lowest BCUT2D eigenvalue weighted by atomic mass is 9.92. The summed E-state index contributed by atoms with van der Waals surface area (Å²) in [5.74, 6) is 1.08. The second-order valence-electron chi connectivity index (χ2n) is 5.30. The lowest BCUT2D eigenvalue weighted by molar-refractivity contribution is -0.383. The van der Waals surface area contributed by atoms with Crippen LogP contribution in [0.5, 0.6) is 0 Å². The fourth-order valence-corrected chi connectivity index (χ4v) is 2.24. The van der Waals surface area contributed by atoms with E-state index < -0.39 is 4.92 Å². The van der Waals surface area contributed by atoms with Crippen molar-refractivity contribution < 1.29 is 4.92 Å². The summed E-state index contributed by atoms with van der Waals surface area (Å²) in [6.45, 7) is 5.08. The quantitative estimate of drug-likeness (QED) is 0.605. The Morgan fingerprint density at radius 2 is 2.05 bits per heavy atom. The number of aromatic nitrogens is 2. The molecule has 0 amide bonds. The monoisotopic (exact) mass is 265 g/mol. The van der Waals surface area contributed by atoms with E-state index in [1.165, 1.54) is 6.33 Å². The molecule has 2 N–H and O–H groups in total. The predicted octanol–water partition coefficient (Wildman–Crippen LogP) is 2.27. The molecular formula is C12H19N5O2. The maximum absolute atomic E-state index is 11.1. The van der Waals surface area contributed by atoms with Crippen LogP contribution in [0, 0.1) is 21.4 Å². The third kappa shape index (κ3) is 2.59. The molecule has 0 saturated heterocycles. The summed E-state index contributed by atoms with van der Waals surface area (Å²) in [6, 6.07) is 0. The van der Waals surface area contributed by atoms with Crippen molar-refractivity contribution in [3.8, 4) is 0 Å². The number of rotatable bonds is 6. The average Bonchev–Trinajstić information content (AvgIpc) is 3.16. The summed E-state index contributed by atoms with van der Waals surface area (Å²) in [7, 11) is 1.61. The molecule has 19 heavy (non-hydrogen) atoms. The molecule has 0 aromatic carbocycles. The molecule has 1 fully saturated rings. The Morgan fingerprint density at radius 1 is 1.42 bits per heavy atom. The largest absolute Gasteiger partial charge is 0.367 e. The minimum absolute atomic E-state index is 0.0930. The van der Waals surface area contributed by atoms with E-state index >= 15 is 0 Å². The summed E-state index contributed by atoms with van der Waals surface area (Å²) < 4.78 is 0. The van der Waals surface area contributed by atoms with Gasteiger partial charge in [-0.15, -0.1) is 0 Å². The molecule has 1 heterocycles. The van der Waals surface area contributed by atoms with Gasteiger partial charge in [0, 0.05) is 13.6 Å². The molecule has 0 unspecified atom stereocenters. The topological polar surface area (TPSA) is 93.0 Å². The number of nitrogens with zero attached hydrogens (tertiary/aromatic N) is 3. The number of hydrogen-bond acceptors (Lipinski definition) is 6. The van der Waals surface area contributed by atoms with Crippen LogP contribution in [0.2, 0.25) is 0 Å². The van der Waals surface area contributed by atoms with Gasteiger partial charge in [-0.1, -0.05) is 13.8 Å². The molecule has 0 radical (unpaired) electrons. The Bertz CT molecular complexity index is 485. The van der Waals surface area contributed by atoms with Crippen LogP contribution in [-0.4, -0.2) is 28.5 Å². The van der Waals surface area contributed by atoms with E-state index in [2.05, 4.69) is 34.4 Å². The van der Waals surface area contributed by atoms with Crippen molar-refractivity contribution in [2.45, 2.75) is 26.7 Å². The van der Waals surface area contributed by atoms with E-state index in [1.807, 2.05) is 0 Å². The van der Waals surface area contributed by atoms with Gasteiger partial charge in [-0.25, -0.2) is 9.97 Å². The van der Waals surface area contributed by atoms with E-state index in [0.29, 0.717) is 12.5 Å². The van der Waals surface area contributed by atoms with E-state index in [-0.39, 0.29) is 22.7 Å². The van der Waals surface area contributed by atoms with Gasteiger partial charge in [-0.3, -0.25) is 10.1 Å². The van der Waals surface area contributed by atoms with E-state index in [1.54, 1.807) is 7.05 Å². The molecule has 1 aliphatic carbocycles. The Labute approximate surface area is 112 Å². The number of anilines is 2.